The van der Waals surface area contributed by atoms with Crippen molar-refractivity contribution in [2.75, 3.05) is 18.0 Å². The fourth-order valence-corrected chi connectivity index (χ4v) is 3.02. The summed E-state index contributed by atoms with van der Waals surface area (Å²) >= 11 is 0. The number of halogens is 1. The van der Waals surface area contributed by atoms with Gasteiger partial charge in [0.1, 0.15) is 5.82 Å². The molecule has 1 aliphatic rings. The first-order chi connectivity index (χ1) is 10.1. The van der Waals surface area contributed by atoms with E-state index >= 15 is 0 Å². The van der Waals surface area contributed by atoms with E-state index in [2.05, 4.69) is 17.0 Å². The van der Waals surface area contributed by atoms with Gasteiger partial charge in [-0.15, -0.1) is 0 Å². The SMILES string of the molecule is OC1(Cc2cccc(F)c2)CCN(c2ccccc2)CC1. The quantitative estimate of drug-likeness (QED) is 0.934. The van der Waals surface area contributed by atoms with Crippen molar-refractivity contribution < 1.29 is 9.50 Å². The van der Waals surface area contributed by atoms with Crippen LogP contribution in [0.5, 0.6) is 0 Å². The molecule has 1 aliphatic heterocycles. The van der Waals surface area contributed by atoms with Crippen molar-refractivity contribution in [3.63, 3.8) is 0 Å². The van der Waals surface area contributed by atoms with Crippen molar-refractivity contribution in [3.8, 4) is 0 Å². The molecule has 1 N–H and O–H groups in total. The molecule has 2 nitrogen and oxygen atoms in total. The van der Waals surface area contributed by atoms with Crippen molar-refractivity contribution in [2.45, 2.75) is 24.9 Å². The fraction of sp³-hybridized carbons (Fsp3) is 0.333. The number of piperidine rings is 1. The number of anilines is 1. The molecular formula is C18H20FNO. The van der Waals surface area contributed by atoms with E-state index in [4.69, 9.17) is 0 Å². The van der Waals surface area contributed by atoms with Gasteiger partial charge in [0.05, 0.1) is 5.60 Å². The Bertz CT molecular complexity index is 591. The molecule has 0 aliphatic carbocycles. The van der Waals surface area contributed by atoms with E-state index in [0.29, 0.717) is 19.3 Å². The Hall–Kier alpha value is -1.87. The van der Waals surface area contributed by atoms with Crippen LogP contribution in [0.15, 0.2) is 54.6 Å². The van der Waals surface area contributed by atoms with Crippen molar-refractivity contribution in [1.82, 2.24) is 0 Å². The van der Waals surface area contributed by atoms with Gasteiger partial charge in [0.25, 0.3) is 0 Å². The Balaban J connectivity index is 1.64. The zero-order chi connectivity index (χ0) is 14.7. The predicted octanol–water partition coefficient (Wildman–Crippen LogP) is 3.40. The summed E-state index contributed by atoms with van der Waals surface area (Å²) in [6, 6.07) is 16.8. The average molecular weight is 285 g/mol. The van der Waals surface area contributed by atoms with Crippen LogP contribution in [0.25, 0.3) is 0 Å². The minimum atomic E-state index is -0.723. The van der Waals surface area contributed by atoms with Crippen molar-refractivity contribution in [1.29, 1.82) is 0 Å². The van der Waals surface area contributed by atoms with Crippen LogP contribution in [-0.2, 0) is 6.42 Å². The highest BCUT2D eigenvalue weighted by molar-refractivity contribution is 5.46. The van der Waals surface area contributed by atoms with Gasteiger partial charge in [-0.25, -0.2) is 4.39 Å². The van der Waals surface area contributed by atoms with Gasteiger partial charge in [0.15, 0.2) is 0 Å². The molecule has 1 heterocycles. The molecule has 1 saturated heterocycles. The molecule has 0 bridgehead atoms. The molecular weight excluding hydrogens is 265 g/mol. The van der Waals surface area contributed by atoms with E-state index < -0.39 is 5.60 Å². The summed E-state index contributed by atoms with van der Waals surface area (Å²) in [5.41, 5.74) is 1.34. The molecule has 21 heavy (non-hydrogen) atoms. The maximum Gasteiger partial charge on any atom is 0.123 e. The third-order valence-corrected chi connectivity index (χ3v) is 4.24. The molecule has 2 aromatic rings. The lowest BCUT2D eigenvalue weighted by atomic mass is 9.85. The number of nitrogens with zero attached hydrogens (tertiary/aromatic N) is 1. The zero-order valence-corrected chi connectivity index (χ0v) is 12.0. The summed E-state index contributed by atoms with van der Waals surface area (Å²) in [6.45, 7) is 1.66. The summed E-state index contributed by atoms with van der Waals surface area (Å²) < 4.78 is 13.2. The number of para-hydroxylation sites is 1. The summed E-state index contributed by atoms with van der Waals surface area (Å²) in [7, 11) is 0. The molecule has 0 saturated carbocycles. The monoisotopic (exact) mass is 285 g/mol. The Morgan fingerprint density at radius 2 is 1.71 bits per heavy atom. The first-order valence-electron chi connectivity index (χ1n) is 7.41. The van der Waals surface area contributed by atoms with Crippen LogP contribution < -0.4 is 4.90 Å². The minimum absolute atomic E-state index is 0.238. The normalized spacial score (nSPS) is 17.7. The Labute approximate surface area is 124 Å². The maximum atomic E-state index is 13.2. The summed E-state index contributed by atoms with van der Waals surface area (Å²) in [6.07, 6.45) is 1.93. The highest BCUT2D eigenvalue weighted by Crippen LogP contribution is 2.29. The van der Waals surface area contributed by atoms with Gasteiger partial charge in [0, 0.05) is 25.2 Å². The fourth-order valence-electron chi connectivity index (χ4n) is 3.02. The van der Waals surface area contributed by atoms with Crippen LogP contribution in [0.2, 0.25) is 0 Å². The zero-order valence-electron chi connectivity index (χ0n) is 12.0. The van der Waals surface area contributed by atoms with E-state index in [1.807, 2.05) is 24.3 Å². The van der Waals surface area contributed by atoms with Crippen LogP contribution in [0.4, 0.5) is 10.1 Å². The van der Waals surface area contributed by atoms with Gasteiger partial charge in [-0.3, -0.25) is 0 Å². The summed E-state index contributed by atoms with van der Waals surface area (Å²) in [5, 5.41) is 10.7. The second-order valence-corrected chi connectivity index (χ2v) is 5.85. The van der Waals surface area contributed by atoms with E-state index in [1.165, 1.54) is 17.8 Å². The summed E-state index contributed by atoms with van der Waals surface area (Å²) in [5.74, 6) is -0.238. The number of rotatable bonds is 3. The Morgan fingerprint density at radius 1 is 1.00 bits per heavy atom. The van der Waals surface area contributed by atoms with E-state index in [-0.39, 0.29) is 5.82 Å². The van der Waals surface area contributed by atoms with Gasteiger partial charge < -0.3 is 10.0 Å². The van der Waals surface area contributed by atoms with Crippen molar-refractivity contribution in [3.05, 3.63) is 66.0 Å². The molecule has 0 atom stereocenters. The highest BCUT2D eigenvalue weighted by atomic mass is 19.1. The number of benzene rings is 2. The van der Waals surface area contributed by atoms with E-state index in [1.54, 1.807) is 6.07 Å². The average Bonchev–Trinajstić information content (AvgIpc) is 2.48. The summed E-state index contributed by atoms with van der Waals surface area (Å²) in [4.78, 5) is 2.29. The van der Waals surface area contributed by atoms with Crippen LogP contribution in [0, 0.1) is 5.82 Å². The number of hydrogen-bond acceptors (Lipinski definition) is 2. The smallest absolute Gasteiger partial charge is 0.123 e. The molecule has 0 radical (unpaired) electrons. The highest BCUT2D eigenvalue weighted by Gasteiger charge is 2.32. The molecule has 0 aromatic heterocycles. The molecule has 2 aromatic carbocycles. The largest absolute Gasteiger partial charge is 0.389 e. The third kappa shape index (κ3) is 3.42. The van der Waals surface area contributed by atoms with Gasteiger partial charge in [-0.2, -0.15) is 0 Å². The molecule has 110 valence electrons. The Kier molecular flexibility index (Phi) is 3.93. The van der Waals surface area contributed by atoms with Crippen LogP contribution >= 0.6 is 0 Å². The van der Waals surface area contributed by atoms with E-state index in [0.717, 1.165) is 18.7 Å². The second kappa shape index (κ2) is 5.86. The lowest BCUT2D eigenvalue weighted by Gasteiger charge is -2.39. The first kappa shape index (κ1) is 14.1. The van der Waals surface area contributed by atoms with Crippen LogP contribution in [0.1, 0.15) is 18.4 Å². The molecule has 3 heteroatoms. The van der Waals surface area contributed by atoms with Crippen LogP contribution in [0.3, 0.4) is 0 Å². The lowest BCUT2D eigenvalue weighted by molar-refractivity contribution is 0.0165. The Morgan fingerprint density at radius 3 is 2.38 bits per heavy atom. The predicted molar refractivity (Wildman–Crippen MR) is 82.9 cm³/mol. The second-order valence-electron chi connectivity index (χ2n) is 5.85. The third-order valence-electron chi connectivity index (χ3n) is 4.24. The molecule has 3 rings (SSSR count). The molecule has 1 fully saturated rings. The van der Waals surface area contributed by atoms with Gasteiger partial charge in [-0.05, 0) is 42.7 Å². The van der Waals surface area contributed by atoms with Gasteiger partial charge in [-0.1, -0.05) is 30.3 Å². The van der Waals surface area contributed by atoms with Crippen LogP contribution in [-0.4, -0.2) is 23.8 Å². The minimum Gasteiger partial charge on any atom is -0.389 e. The van der Waals surface area contributed by atoms with Crippen molar-refractivity contribution in [2.24, 2.45) is 0 Å². The van der Waals surface area contributed by atoms with Gasteiger partial charge in [0.2, 0.25) is 0 Å². The standard InChI is InChI=1S/C18H20FNO/c19-16-6-4-5-15(13-16)14-18(21)9-11-20(12-10-18)17-7-2-1-3-8-17/h1-8,13,21H,9-12,14H2. The lowest BCUT2D eigenvalue weighted by Crippen LogP contribution is -2.45. The van der Waals surface area contributed by atoms with Crippen molar-refractivity contribution >= 4 is 5.69 Å². The molecule has 0 amide bonds. The molecule has 0 spiro atoms. The number of hydrogen-bond donors (Lipinski definition) is 1. The number of aliphatic hydroxyl groups is 1. The molecule has 0 unspecified atom stereocenters. The first-order valence-corrected chi connectivity index (χ1v) is 7.41. The van der Waals surface area contributed by atoms with E-state index in [9.17, 15) is 9.50 Å². The van der Waals surface area contributed by atoms with Gasteiger partial charge >= 0.3 is 0 Å². The topological polar surface area (TPSA) is 23.5 Å². The maximum absolute atomic E-state index is 13.2.